The summed E-state index contributed by atoms with van der Waals surface area (Å²) in [5.41, 5.74) is 0. The molecule has 0 saturated heterocycles. The Bertz CT molecular complexity index is 328. The molecule has 0 saturated carbocycles. The predicted molar refractivity (Wildman–Crippen MR) is 80.8 cm³/mol. The molecule has 1 aromatic rings. The first-order chi connectivity index (χ1) is 9.22. The molecule has 0 aliphatic carbocycles. The van der Waals surface area contributed by atoms with Crippen LogP contribution in [0.4, 0.5) is 0 Å². The molecule has 1 heterocycles. The highest BCUT2D eigenvalue weighted by Gasteiger charge is 2.04. The Morgan fingerprint density at radius 3 is 2.47 bits per heavy atom. The van der Waals surface area contributed by atoms with Crippen LogP contribution in [0.15, 0.2) is 0 Å². The minimum atomic E-state index is 0.721. The molecule has 0 atom stereocenters. The molecule has 0 fully saturated rings. The summed E-state index contributed by atoms with van der Waals surface area (Å²) in [4.78, 5) is 0. The quantitative estimate of drug-likeness (QED) is 0.635. The van der Waals surface area contributed by atoms with Gasteiger partial charge in [-0.25, -0.2) is 0 Å². The molecule has 0 amide bonds. The molecule has 4 nitrogen and oxygen atoms in total. The lowest BCUT2D eigenvalue weighted by Crippen LogP contribution is -2.21. The van der Waals surface area contributed by atoms with E-state index in [-0.39, 0.29) is 0 Å². The van der Waals surface area contributed by atoms with Crippen LogP contribution in [-0.4, -0.2) is 36.5 Å². The van der Waals surface area contributed by atoms with Crippen molar-refractivity contribution in [2.24, 2.45) is 5.92 Å². The van der Waals surface area contributed by atoms with Crippen molar-refractivity contribution >= 4 is 11.3 Å². The highest BCUT2D eigenvalue weighted by Crippen LogP contribution is 2.13. The van der Waals surface area contributed by atoms with Crippen LogP contribution in [0.5, 0.6) is 0 Å². The molecule has 1 N–H and O–H groups in total. The lowest BCUT2D eigenvalue weighted by Gasteiger charge is -2.05. The fourth-order valence-corrected chi connectivity index (χ4v) is 2.64. The average molecular weight is 285 g/mol. The van der Waals surface area contributed by atoms with Crippen LogP contribution in [0.25, 0.3) is 0 Å². The SMILES string of the molecule is CCOCCCc1nnc(CCCNCC(C)C)s1. The third-order valence-electron chi connectivity index (χ3n) is 2.69. The third kappa shape index (κ3) is 8.29. The van der Waals surface area contributed by atoms with Gasteiger partial charge in [0.1, 0.15) is 10.0 Å². The molecule has 5 heteroatoms. The minimum absolute atomic E-state index is 0.721. The Morgan fingerprint density at radius 2 is 1.84 bits per heavy atom. The van der Waals surface area contributed by atoms with Gasteiger partial charge in [-0.2, -0.15) is 0 Å². The highest BCUT2D eigenvalue weighted by molar-refractivity contribution is 7.11. The van der Waals surface area contributed by atoms with Crippen molar-refractivity contribution in [3.8, 4) is 0 Å². The van der Waals surface area contributed by atoms with Gasteiger partial charge in [0.15, 0.2) is 0 Å². The second-order valence-electron chi connectivity index (χ2n) is 5.09. The highest BCUT2D eigenvalue weighted by atomic mass is 32.1. The van der Waals surface area contributed by atoms with Crippen LogP contribution in [0, 0.1) is 5.92 Å². The van der Waals surface area contributed by atoms with Gasteiger partial charge in [0, 0.05) is 26.1 Å². The normalized spacial score (nSPS) is 11.4. The summed E-state index contributed by atoms with van der Waals surface area (Å²) in [6.45, 7) is 10.3. The lowest BCUT2D eigenvalue weighted by atomic mass is 10.2. The van der Waals surface area contributed by atoms with Gasteiger partial charge in [-0.05, 0) is 38.8 Å². The van der Waals surface area contributed by atoms with Crippen molar-refractivity contribution in [3.05, 3.63) is 10.0 Å². The molecule has 1 rings (SSSR count). The van der Waals surface area contributed by atoms with Crippen LogP contribution in [0.3, 0.4) is 0 Å². The number of nitrogens with one attached hydrogen (secondary N) is 1. The number of aromatic nitrogens is 2. The molecular weight excluding hydrogens is 258 g/mol. The van der Waals surface area contributed by atoms with Gasteiger partial charge in [-0.1, -0.05) is 13.8 Å². The Balaban J connectivity index is 2.09. The molecule has 0 aliphatic rings. The summed E-state index contributed by atoms with van der Waals surface area (Å²) in [6.07, 6.45) is 4.20. The maximum Gasteiger partial charge on any atom is 0.117 e. The second kappa shape index (κ2) is 10.3. The van der Waals surface area contributed by atoms with Crippen molar-refractivity contribution in [2.75, 3.05) is 26.3 Å². The zero-order valence-electron chi connectivity index (χ0n) is 12.4. The van der Waals surface area contributed by atoms with Crippen molar-refractivity contribution in [3.63, 3.8) is 0 Å². The fourth-order valence-electron chi connectivity index (χ4n) is 1.72. The van der Waals surface area contributed by atoms with Gasteiger partial charge in [-0.15, -0.1) is 21.5 Å². The summed E-state index contributed by atoms with van der Waals surface area (Å²) >= 11 is 1.75. The van der Waals surface area contributed by atoms with Crippen LogP contribution in [0.2, 0.25) is 0 Å². The van der Waals surface area contributed by atoms with Crippen LogP contribution in [0.1, 0.15) is 43.6 Å². The van der Waals surface area contributed by atoms with E-state index < -0.39 is 0 Å². The van der Waals surface area contributed by atoms with Gasteiger partial charge in [0.2, 0.25) is 0 Å². The van der Waals surface area contributed by atoms with E-state index in [9.17, 15) is 0 Å². The summed E-state index contributed by atoms with van der Waals surface area (Å²) in [6, 6.07) is 0. The zero-order chi connectivity index (χ0) is 13.9. The van der Waals surface area contributed by atoms with E-state index in [0.717, 1.165) is 67.9 Å². The fraction of sp³-hybridized carbons (Fsp3) is 0.857. The molecule has 19 heavy (non-hydrogen) atoms. The van der Waals surface area contributed by atoms with Crippen LogP contribution >= 0.6 is 11.3 Å². The summed E-state index contributed by atoms with van der Waals surface area (Å²) < 4.78 is 5.32. The average Bonchev–Trinajstić information content (AvgIpc) is 2.82. The number of hydrogen-bond acceptors (Lipinski definition) is 5. The first kappa shape index (κ1) is 16.5. The molecule has 0 bridgehead atoms. The molecule has 110 valence electrons. The Labute approximate surface area is 121 Å². The molecule has 0 aliphatic heterocycles. The van der Waals surface area contributed by atoms with Crippen molar-refractivity contribution in [1.82, 2.24) is 15.5 Å². The molecule has 0 spiro atoms. The number of rotatable bonds is 11. The van der Waals surface area contributed by atoms with E-state index in [1.165, 1.54) is 0 Å². The van der Waals surface area contributed by atoms with Gasteiger partial charge >= 0.3 is 0 Å². The molecule has 1 aromatic heterocycles. The first-order valence-electron chi connectivity index (χ1n) is 7.32. The van der Waals surface area contributed by atoms with Crippen LogP contribution in [-0.2, 0) is 17.6 Å². The Hall–Kier alpha value is -0.520. The number of ether oxygens (including phenoxy) is 1. The van der Waals surface area contributed by atoms with E-state index in [0.29, 0.717) is 0 Å². The molecule has 0 radical (unpaired) electrons. The summed E-state index contributed by atoms with van der Waals surface area (Å²) in [7, 11) is 0. The smallest absolute Gasteiger partial charge is 0.117 e. The maximum absolute atomic E-state index is 5.32. The minimum Gasteiger partial charge on any atom is -0.382 e. The maximum atomic E-state index is 5.32. The molecule has 0 aromatic carbocycles. The number of aryl methyl sites for hydroxylation is 2. The van der Waals surface area contributed by atoms with Gasteiger partial charge < -0.3 is 10.1 Å². The van der Waals surface area contributed by atoms with Crippen LogP contribution < -0.4 is 5.32 Å². The monoisotopic (exact) mass is 285 g/mol. The van der Waals surface area contributed by atoms with Gasteiger partial charge in [-0.3, -0.25) is 0 Å². The van der Waals surface area contributed by atoms with E-state index in [1.807, 2.05) is 6.92 Å². The lowest BCUT2D eigenvalue weighted by molar-refractivity contribution is 0.145. The zero-order valence-corrected chi connectivity index (χ0v) is 13.3. The molecular formula is C14H27N3OS. The number of hydrogen-bond donors (Lipinski definition) is 1. The van der Waals surface area contributed by atoms with Gasteiger partial charge in [0.05, 0.1) is 0 Å². The Kier molecular flexibility index (Phi) is 8.95. The second-order valence-corrected chi connectivity index (χ2v) is 6.24. The van der Waals surface area contributed by atoms with E-state index in [2.05, 4.69) is 29.4 Å². The van der Waals surface area contributed by atoms with E-state index >= 15 is 0 Å². The number of nitrogens with zero attached hydrogens (tertiary/aromatic N) is 2. The van der Waals surface area contributed by atoms with Crippen molar-refractivity contribution in [1.29, 1.82) is 0 Å². The molecule has 0 unspecified atom stereocenters. The van der Waals surface area contributed by atoms with Gasteiger partial charge in [0.25, 0.3) is 0 Å². The first-order valence-corrected chi connectivity index (χ1v) is 8.13. The van der Waals surface area contributed by atoms with E-state index in [1.54, 1.807) is 11.3 Å². The summed E-state index contributed by atoms with van der Waals surface area (Å²) in [5.74, 6) is 0.721. The largest absolute Gasteiger partial charge is 0.382 e. The predicted octanol–water partition coefficient (Wildman–Crippen LogP) is 2.69. The van der Waals surface area contributed by atoms with Crippen molar-refractivity contribution in [2.45, 2.75) is 46.5 Å². The standard InChI is InChI=1S/C14H27N3OS/c1-4-18-10-6-8-14-17-16-13(19-14)7-5-9-15-11-12(2)3/h12,15H,4-11H2,1-3H3. The van der Waals surface area contributed by atoms with E-state index in [4.69, 9.17) is 4.74 Å². The Morgan fingerprint density at radius 1 is 1.16 bits per heavy atom. The third-order valence-corrected chi connectivity index (χ3v) is 3.73. The summed E-state index contributed by atoms with van der Waals surface area (Å²) in [5, 5.41) is 14.2. The topological polar surface area (TPSA) is 47.0 Å². The van der Waals surface area contributed by atoms with Crippen molar-refractivity contribution < 1.29 is 4.74 Å².